The summed E-state index contributed by atoms with van der Waals surface area (Å²) in [6.07, 6.45) is 5.19. The molecular weight excluding hydrogens is 378 g/mol. The van der Waals surface area contributed by atoms with E-state index in [0.717, 1.165) is 49.1 Å². The minimum absolute atomic E-state index is 0.0347. The molecule has 1 N–H and O–H groups in total. The molecule has 1 atom stereocenters. The zero-order valence-electron chi connectivity index (χ0n) is 18.3. The zero-order chi connectivity index (χ0) is 21.5. The number of para-hydroxylation sites is 1. The van der Waals surface area contributed by atoms with Crippen LogP contribution in [0.4, 0.5) is 0 Å². The molecule has 1 saturated carbocycles. The van der Waals surface area contributed by atoms with Crippen LogP contribution in [0.15, 0.2) is 46.8 Å². The van der Waals surface area contributed by atoms with Crippen molar-refractivity contribution in [2.24, 2.45) is 5.41 Å². The second-order valence-electron chi connectivity index (χ2n) is 9.48. The maximum atomic E-state index is 13.4. The molecule has 1 aromatic carbocycles. The highest BCUT2D eigenvalue weighted by atomic mass is 16.5. The van der Waals surface area contributed by atoms with Gasteiger partial charge in [0.15, 0.2) is 5.78 Å². The number of esters is 1. The molecular formula is C25H31NO4. The van der Waals surface area contributed by atoms with E-state index in [-0.39, 0.29) is 23.3 Å². The van der Waals surface area contributed by atoms with Gasteiger partial charge in [0.05, 0.1) is 18.6 Å². The third-order valence-corrected chi connectivity index (χ3v) is 6.49. The van der Waals surface area contributed by atoms with Crippen molar-refractivity contribution in [1.82, 2.24) is 5.32 Å². The lowest BCUT2D eigenvalue weighted by Gasteiger charge is -2.39. The number of rotatable bonds is 4. The molecule has 4 rings (SSSR count). The number of hydrogen-bond donors (Lipinski definition) is 1. The molecule has 0 bridgehead atoms. The molecule has 160 valence electrons. The van der Waals surface area contributed by atoms with Crippen LogP contribution in [0.2, 0.25) is 0 Å². The molecule has 0 spiro atoms. The molecule has 0 aromatic heterocycles. The van der Waals surface area contributed by atoms with Crippen LogP contribution in [0.5, 0.6) is 5.75 Å². The monoisotopic (exact) mass is 409 g/mol. The van der Waals surface area contributed by atoms with Crippen molar-refractivity contribution in [1.29, 1.82) is 0 Å². The van der Waals surface area contributed by atoms with Gasteiger partial charge in [0, 0.05) is 29.0 Å². The molecule has 5 nitrogen and oxygen atoms in total. The van der Waals surface area contributed by atoms with Crippen LogP contribution in [-0.2, 0) is 14.3 Å². The van der Waals surface area contributed by atoms with Gasteiger partial charge in [-0.25, -0.2) is 4.79 Å². The average Bonchev–Trinajstić information content (AvgIpc) is 3.18. The maximum Gasteiger partial charge on any atom is 0.337 e. The standard InChI is InChI=1S/C25H31NO4/c1-15-21(24(28)30-16-9-5-6-10-16)22(17-11-7-8-12-20(17)29-4)23-18(26-15)13-25(2,3)14-19(23)27/h7-8,11-12,16,22,26H,5-6,9-10,13-14H2,1-4H3/t22-/m1/s1. The molecule has 5 heteroatoms. The van der Waals surface area contributed by atoms with Crippen LogP contribution in [0, 0.1) is 5.41 Å². The quantitative estimate of drug-likeness (QED) is 0.725. The number of hydrogen-bond acceptors (Lipinski definition) is 5. The van der Waals surface area contributed by atoms with E-state index in [1.54, 1.807) is 7.11 Å². The van der Waals surface area contributed by atoms with Gasteiger partial charge in [0.2, 0.25) is 0 Å². The summed E-state index contributed by atoms with van der Waals surface area (Å²) in [7, 11) is 1.62. The number of methoxy groups -OCH3 is 1. The SMILES string of the molecule is COc1ccccc1[C@@H]1C(C(=O)OC2CCCC2)=C(C)NC2=C1C(=O)CC(C)(C)C2. The van der Waals surface area contributed by atoms with E-state index in [1.165, 1.54) is 0 Å². The van der Waals surface area contributed by atoms with E-state index in [4.69, 9.17) is 9.47 Å². The average molecular weight is 410 g/mol. The smallest absolute Gasteiger partial charge is 0.337 e. The first-order valence-electron chi connectivity index (χ1n) is 10.9. The number of Topliss-reactive ketones (excluding diaryl/α,β-unsaturated/α-hetero) is 1. The number of carbonyl (C=O) groups is 2. The molecule has 0 amide bonds. The number of nitrogens with one attached hydrogen (secondary N) is 1. The van der Waals surface area contributed by atoms with Crippen molar-refractivity contribution < 1.29 is 19.1 Å². The third kappa shape index (κ3) is 3.78. The summed E-state index contributed by atoms with van der Waals surface area (Å²) >= 11 is 0. The molecule has 1 aliphatic heterocycles. The minimum atomic E-state index is -0.477. The van der Waals surface area contributed by atoms with Crippen LogP contribution in [0.3, 0.4) is 0 Å². The Hall–Kier alpha value is -2.56. The Morgan fingerprint density at radius 2 is 1.83 bits per heavy atom. The fourth-order valence-electron chi connectivity index (χ4n) is 5.14. The first-order valence-corrected chi connectivity index (χ1v) is 10.9. The number of ketones is 1. The summed E-state index contributed by atoms with van der Waals surface area (Å²) in [5, 5.41) is 3.39. The summed E-state index contributed by atoms with van der Waals surface area (Å²) < 4.78 is 11.5. The van der Waals surface area contributed by atoms with Gasteiger partial charge in [-0.1, -0.05) is 32.0 Å². The Morgan fingerprint density at radius 1 is 1.13 bits per heavy atom. The number of ether oxygens (including phenoxy) is 2. The molecule has 0 unspecified atom stereocenters. The van der Waals surface area contributed by atoms with Crippen molar-refractivity contribution in [2.45, 2.75) is 71.3 Å². The lowest BCUT2D eigenvalue weighted by molar-refractivity contribution is -0.144. The highest BCUT2D eigenvalue weighted by molar-refractivity contribution is 6.04. The van der Waals surface area contributed by atoms with Crippen LogP contribution in [0.25, 0.3) is 0 Å². The summed E-state index contributed by atoms with van der Waals surface area (Å²) in [5.41, 5.74) is 3.61. The van der Waals surface area contributed by atoms with Gasteiger partial charge < -0.3 is 14.8 Å². The second-order valence-corrected chi connectivity index (χ2v) is 9.48. The van der Waals surface area contributed by atoms with Crippen molar-refractivity contribution in [2.75, 3.05) is 7.11 Å². The molecule has 3 aliphatic rings. The highest BCUT2D eigenvalue weighted by Gasteiger charge is 2.44. The highest BCUT2D eigenvalue weighted by Crippen LogP contribution is 2.48. The summed E-state index contributed by atoms with van der Waals surface area (Å²) in [6.45, 7) is 6.12. The molecule has 0 radical (unpaired) electrons. The first-order chi connectivity index (χ1) is 14.3. The van der Waals surface area contributed by atoms with Crippen LogP contribution < -0.4 is 10.1 Å². The Labute approximate surface area is 178 Å². The predicted molar refractivity (Wildman–Crippen MR) is 115 cm³/mol. The van der Waals surface area contributed by atoms with Crippen LogP contribution >= 0.6 is 0 Å². The summed E-state index contributed by atoms with van der Waals surface area (Å²) in [6, 6.07) is 7.65. The number of dihydropyridines is 1. The first kappa shape index (κ1) is 20.7. The zero-order valence-corrected chi connectivity index (χ0v) is 18.3. The Bertz CT molecular complexity index is 934. The van der Waals surface area contributed by atoms with Crippen LogP contribution in [0.1, 0.15) is 70.8 Å². The van der Waals surface area contributed by atoms with E-state index in [1.807, 2.05) is 31.2 Å². The fourth-order valence-corrected chi connectivity index (χ4v) is 5.14. The Kier molecular flexibility index (Phi) is 5.48. The van der Waals surface area contributed by atoms with Gasteiger partial charge in [-0.2, -0.15) is 0 Å². The second kappa shape index (κ2) is 7.93. The van der Waals surface area contributed by atoms with Crippen molar-refractivity contribution >= 4 is 11.8 Å². The number of allylic oxidation sites excluding steroid dienone is 3. The van der Waals surface area contributed by atoms with E-state index < -0.39 is 5.92 Å². The normalized spacial score (nSPS) is 23.9. The summed E-state index contributed by atoms with van der Waals surface area (Å²) in [5.74, 6) is -0.0435. The topological polar surface area (TPSA) is 64.6 Å². The number of carbonyl (C=O) groups excluding carboxylic acids is 2. The Balaban J connectivity index is 1.82. The van der Waals surface area contributed by atoms with E-state index in [9.17, 15) is 9.59 Å². The van der Waals surface area contributed by atoms with Gasteiger partial charge in [0.25, 0.3) is 0 Å². The van der Waals surface area contributed by atoms with Gasteiger partial charge in [-0.3, -0.25) is 4.79 Å². The Morgan fingerprint density at radius 3 is 2.53 bits per heavy atom. The largest absolute Gasteiger partial charge is 0.496 e. The molecule has 1 heterocycles. The molecule has 30 heavy (non-hydrogen) atoms. The molecule has 1 fully saturated rings. The van der Waals surface area contributed by atoms with Gasteiger partial charge >= 0.3 is 5.97 Å². The third-order valence-electron chi connectivity index (χ3n) is 6.49. The molecule has 0 saturated heterocycles. The van der Waals surface area contributed by atoms with E-state index in [0.29, 0.717) is 23.3 Å². The van der Waals surface area contributed by atoms with Crippen molar-refractivity contribution in [3.63, 3.8) is 0 Å². The number of benzene rings is 1. The van der Waals surface area contributed by atoms with Crippen molar-refractivity contribution in [3.05, 3.63) is 52.4 Å². The fraction of sp³-hybridized carbons (Fsp3) is 0.520. The summed E-state index contributed by atoms with van der Waals surface area (Å²) in [4.78, 5) is 26.7. The van der Waals surface area contributed by atoms with Gasteiger partial charge in [-0.05, 0) is 50.5 Å². The minimum Gasteiger partial charge on any atom is -0.496 e. The van der Waals surface area contributed by atoms with E-state index >= 15 is 0 Å². The lowest BCUT2D eigenvalue weighted by atomic mass is 9.68. The predicted octanol–water partition coefficient (Wildman–Crippen LogP) is 4.79. The van der Waals surface area contributed by atoms with E-state index in [2.05, 4.69) is 19.2 Å². The van der Waals surface area contributed by atoms with Crippen molar-refractivity contribution in [3.8, 4) is 5.75 Å². The van der Waals surface area contributed by atoms with Crippen LogP contribution in [-0.4, -0.2) is 25.0 Å². The maximum absolute atomic E-state index is 13.4. The molecule has 2 aliphatic carbocycles. The molecule has 1 aromatic rings. The van der Waals surface area contributed by atoms with Gasteiger partial charge in [0.1, 0.15) is 11.9 Å². The lowest BCUT2D eigenvalue weighted by Crippen LogP contribution is -2.39. The van der Waals surface area contributed by atoms with Gasteiger partial charge in [-0.15, -0.1) is 0 Å².